The van der Waals surface area contributed by atoms with Gasteiger partial charge >= 0.3 is 0 Å². The molecule has 7 nitrogen and oxygen atoms in total. The lowest BCUT2D eigenvalue weighted by Crippen LogP contribution is -2.13. The van der Waals surface area contributed by atoms with E-state index in [1.165, 1.54) is 0 Å². The minimum Gasteiger partial charge on any atom is -0.382 e. The molecule has 0 spiro atoms. The fourth-order valence-corrected chi connectivity index (χ4v) is 2.95. The summed E-state index contributed by atoms with van der Waals surface area (Å²) in [5.74, 6) is 0.262. The minimum absolute atomic E-state index is 0.0372. The molecule has 1 aliphatic rings. The van der Waals surface area contributed by atoms with Crippen LogP contribution in [0.1, 0.15) is 11.4 Å². The van der Waals surface area contributed by atoms with Crippen LogP contribution in [0.2, 0.25) is 0 Å². The van der Waals surface area contributed by atoms with Gasteiger partial charge in [0.1, 0.15) is 11.4 Å². The molecule has 0 fully saturated rings. The third kappa shape index (κ3) is 1.48. The highest BCUT2D eigenvalue weighted by Crippen LogP contribution is 2.31. The minimum atomic E-state index is 0.0372. The van der Waals surface area contributed by atoms with Crippen molar-refractivity contribution in [2.75, 3.05) is 0 Å². The molecule has 1 aliphatic heterocycles. The Morgan fingerprint density at radius 2 is 1.35 bits per heavy atom. The van der Waals surface area contributed by atoms with Crippen LogP contribution in [0, 0.1) is 5.41 Å². The first-order valence-electron chi connectivity index (χ1n) is 7.00. The molecular weight excluding hydrogens is 290 g/mol. The summed E-state index contributed by atoms with van der Waals surface area (Å²) < 4.78 is 0. The Bertz CT molecular complexity index is 1190. The van der Waals surface area contributed by atoms with Gasteiger partial charge in [-0.05, 0) is 24.3 Å². The van der Waals surface area contributed by atoms with Gasteiger partial charge in [-0.25, -0.2) is 15.0 Å². The van der Waals surface area contributed by atoms with Crippen molar-refractivity contribution in [1.29, 1.82) is 5.41 Å². The van der Waals surface area contributed by atoms with E-state index in [0.29, 0.717) is 22.4 Å². The first-order valence-corrected chi connectivity index (χ1v) is 7.00. The van der Waals surface area contributed by atoms with Crippen molar-refractivity contribution in [2.45, 2.75) is 0 Å². The first kappa shape index (κ1) is 12.1. The fourth-order valence-electron chi connectivity index (χ4n) is 2.95. The van der Waals surface area contributed by atoms with Crippen LogP contribution in [-0.2, 0) is 0 Å². The Balaban J connectivity index is 2.11. The summed E-state index contributed by atoms with van der Waals surface area (Å²) in [5, 5.41) is 9.62. The number of fused-ring (bicyclic) bond motifs is 7. The summed E-state index contributed by atoms with van der Waals surface area (Å²) in [6.07, 6.45) is 3.46. The van der Waals surface area contributed by atoms with E-state index in [9.17, 15) is 0 Å². The van der Waals surface area contributed by atoms with Gasteiger partial charge in [-0.3, -0.25) is 15.4 Å². The van der Waals surface area contributed by atoms with E-state index >= 15 is 0 Å². The van der Waals surface area contributed by atoms with Gasteiger partial charge in [-0.1, -0.05) is 0 Å². The van der Waals surface area contributed by atoms with Crippen LogP contribution in [0.15, 0.2) is 41.7 Å². The first-order chi connectivity index (χ1) is 11.2. The highest BCUT2D eigenvalue weighted by Gasteiger charge is 2.24. The van der Waals surface area contributed by atoms with Crippen molar-refractivity contribution in [2.24, 2.45) is 10.7 Å². The van der Waals surface area contributed by atoms with E-state index in [4.69, 9.17) is 11.1 Å². The number of nitrogens with zero attached hydrogens (tertiary/aromatic N) is 5. The fraction of sp³-hybridized carbons (Fsp3) is 0. The van der Waals surface area contributed by atoms with E-state index in [2.05, 4.69) is 24.9 Å². The quantitative estimate of drug-likeness (QED) is 0.480. The second-order valence-corrected chi connectivity index (χ2v) is 5.26. The number of aliphatic imine (C=N–C) groups is 1. The standard InChI is InChI=1S/C16H9N7/c17-15-13-14(16(18)23-15)22-12-8-4-2-6-20-10(8)9-7(11(12)21-13)3-1-5-19-9/h1-6H,(H3,17,18,23). The maximum absolute atomic E-state index is 7.91. The zero-order chi connectivity index (χ0) is 15.6. The summed E-state index contributed by atoms with van der Waals surface area (Å²) >= 11 is 0. The summed E-state index contributed by atoms with van der Waals surface area (Å²) in [5.41, 5.74) is 9.64. The van der Waals surface area contributed by atoms with Gasteiger partial charge in [0.05, 0.1) is 22.1 Å². The van der Waals surface area contributed by atoms with Crippen LogP contribution in [0.5, 0.6) is 0 Å². The zero-order valence-corrected chi connectivity index (χ0v) is 11.8. The Labute approximate surface area is 129 Å². The highest BCUT2D eigenvalue weighted by atomic mass is 15.0. The van der Waals surface area contributed by atoms with Gasteiger partial charge in [0.2, 0.25) is 0 Å². The number of nitrogens with two attached hydrogens (primary N) is 1. The third-order valence-corrected chi connectivity index (χ3v) is 3.94. The number of amidine groups is 2. The number of rotatable bonds is 0. The maximum Gasteiger partial charge on any atom is 0.175 e. The third-order valence-electron chi connectivity index (χ3n) is 3.94. The summed E-state index contributed by atoms with van der Waals surface area (Å²) in [6.45, 7) is 0. The molecule has 3 N–H and O–H groups in total. The monoisotopic (exact) mass is 299 g/mol. The second kappa shape index (κ2) is 4.04. The van der Waals surface area contributed by atoms with Crippen molar-refractivity contribution in [1.82, 2.24) is 19.9 Å². The van der Waals surface area contributed by atoms with Crippen molar-refractivity contribution in [3.8, 4) is 0 Å². The van der Waals surface area contributed by atoms with Crippen LogP contribution in [0.3, 0.4) is 0 Å². The molecule has 3 aromatic heterocycles. The second-order valence-electron chi connectivity index (χ2n) is 5.26. The van der Waals surface area contributed by atoms with Gasteiger partial charge in [0.15, 0.2) is 11.7 Å². The van der Waals surface area contributed by atoms with E-state index < -0.39 is 0 Å². The molecule has 0 atom stereocenters. The molecule has 0 radical (unpaired) electrons. The van der Waals surface area contributed by atoms with Gasteiger partial charge in [0, 0.05) is 23.2 Å². The lowest BCUT2D eigenvalue weighted by atomic mass is 10.1. The molecule has 0 saturated carbocycles. The number of nitrogens with one attached hydrogen (secondary N) is 1. The summed E-state index contributed by atoms with van der Waals surface area (Å²) in [7, 11) is 0. The zero-order valence-electron chi connectivity index (χ0n) is 11.8. The predicted molar refractivity (Wildman–Crippen MR) is 87.7 cm³/mol. The van der Waals surface area contributed by atoms with Gasteiger partial charge in [0.25, 0.3) is 0 Å². The largest absolute Gasteiger partial charge is 0.382 e. The Hall–Kier alpha value is -3.48. The average Bonchev–Trinajstić information content (AvgIpc) is 2.88. The topological polar surface area (TPSA) is 114 Å². The SMILES string of the molecule is N=C1N=C(N)c2nc3c4cccnc4c4ncccc4c3nc21. The molecule has 0 saturated heterocycles. The van der Waals surface area contributed by atoms with Crippen LogP contribution < -0.4 is 5.73 Å². The normalized spacial score (nSPS) is 13.7. The van der Waals surface area contributed by atoms with E-state index in [1.54, 1.807) is 12.4 Å². The number of aromatic nitrogens is 4. The molecule has 0 amide bonds. The Morgan fingerprint density at radius 1 is 0.783 bits per heavy atom. The molecule has 7 heteroatoms. The highest BCUT2D eigenvalue weighted by molar-refractivity contribution is 6.24. The van der Waals surface area contributed by atoms with Crippen LogP contribution >= 0.6 is 0 Å². The van der Waals surface area contributed by atoms with Gasteiger partial charge in [-0.15, -0.1) is 0 Å². The molecule has 0 bridgehead atoms. The molecule has 1 aromatic carbocycles. The average molecular weight is 299 g/mol. The number of pyridine rings is 2. The van der Waals surface area contributed by atoms with Crippen LogP contribution in [0.4, 0.5) is 0 Å². The predicted octanol–water partition coefficient (Wildman–Crippen LogP) is 1.77. The van der Waals surface area contributed by atoms with Crippen molar-refractivity contribution in [3.63, 3.8) is 0 Å². The van der Waals surface area contributed by atoms with Gasteiger partial charge in [-0.2, -0.15) is 0 Å². The van der Waals surface area contributed by atoms with Crippen molar-refractivity contribution >= 4 is 44.5 Å². The van der Waals surface area contributed by atoms with Crippen molar-refractivity contribution < 1.29 is 0 Å². The number of hydrogen-bond donors (Lipinski definition) is 2. The summed E-state index contributed by atoms with van der Waals surface area (Å²) in [6, 6.07) is 7.57. The molecule has 0 aliphatic carbocycles. The Morgan fingerprint density at radius 3 is 1.96 bits per heavy atom. The van der Waals surface area contributed by atoms with E-state index in [0.717, 1.165) is 21.8 Å². The van der Waals surface area contributed by atoms with Gasteiger partial charge < -0.3 is 5.73 Å². The van der Waals surface area contributed by atoms with Crippen LogP contribution in [-0.4, -0.2) is 31.6 Å². The molecule has 5 rings (SSSR count). The molecule has 23 heavy (non-hydrogen) atoms. The van der Waals surface area contributed by atoms with Crippen molar-refractivity contribution in [3.05, 3.63) is 48.0 Å². The van der Waals surface area contributed by atoms with E-state index in [1.807, 2.05) is 24.3 Å². The van der Waals surface area contributed by atoms with Crippen LogP contribution in [0.25, 0.3) is 32.8 Å². The Kier molecular flexibility index (Phi) is 2.12. The lowest BCUT2D eigenvalue weighted by Gasteiger charge is -2.08. The molecule has 108 valence electrons. The summed E-state index contributed by atoms with van der Waals surface area (Å²) in [4.78, 5) is 22.1. The van der Waals surface area contributed by atoms with E-state index in [-0.39, 0.29) is 11.7 Å². The molecule has 4 heterocycles. The molecule has 0 unspecified atom stereocenters. The number of benzene rings is 1. The molecule has 4 aromatic rings. The number of hydrogen-bond acceptors (Lipinski definition) is 6. The molecular formula is C16H9N7. The lowest BCUT2D eigenvalue weighted by molar-refractivity contribution is 1.24. The maximum atomic E-state index is 7.91. The smallest absolute Gasteiger partial charge is 0.175 e.